The average Bonchev–Trinajstić information content (AvgIpc) is 2.95. The summed E-state index contributed by atoms with van der Waals surface area (Å²) < 4.78 is 5.85. The average molecular weight is 253 g/mol. The highest BCUT2D eigenvalue weighted by Gasteiger charge is 2.36. The Bertz CT molecular complexity index is 393. The summed E-state index contributed by atoms with van der Waals surface area (Å²) >= 11 is 1.63. The molecule has 3 nitrogen and oxygen atoms in total. The molecule has 0 aliphatic carbocycles. The fraction of sp³-hybridized carbons (Fsp3) is 0.692. The van der Waals surface area contributed by atoms with E-state index in [1.54, 1.807) is 11.3 Å². The smallest absolute Gasteiger partial charge is 0.116 e. The largest absolute Gasteiger partial charge is 0.385 e. The van der Waals surface area contributed by atoms with Gasteiger partial charge in [0.25, 0.3) is 0 Å². The van der Waals surface area contributed by atoms with Gasteiger partial charge in [-0.05, 0) is 43.3 Å². The molecule has 2 aliphatic rings. The van der Waals surface area contributed by atoms with Gasteiger partial charge in [-0.1, -0.05) is 0 Å². The number of aliphatic hydroxyl groups is 1. The van der Waals surface area contributed by atoms with Crippen molar-refractivity contribution in [1.29, 1.82) is 0 Å². The van der Waals surface area contributed by atoms with Crippen LogP contribution >= 0.6 is 11.3 Å². The number of nitrogens with zero attached hydrogens (tertiary/aromatic N) is 1. The van der Waals surface area contributed by atoms with Crippen LogP contribution in [0.15, 0.2) is 11.4 Å². The number of morpholine rings is 1. The molecule has 0 radical (unpaired) electrons. The Kier molecular flexibility index (Phi) is 3.21. The van der Waals surface area contributed by atoms with Gasteiger partial charge < -0.3 is 9.84 Å². The van der Waals surface area contributed by atoms with E-state index in [1.165, 1.54) is 24.9 Å². The summed E-state index contributed by atoms with van der Waals surface area (Å²) in [7, 11) is 0. The molecule has 1 N–H and O–H groups in total. The molecule has 17 heavy (non-hydrogen) atoms. The summed E-state index contributed by atoms with van der Waals surface area (Å²) in [5.41, 5.74) is 1.18. The first-order valence-corrected chi connectivity index (χ1v) is 7.21. The molecule has 2 saturated heterocycles. The maximum atomic E-state index is 10.4. The Balaban J connectivity index is 1.71. The Morgan fingerprint density at radius 1 is 1.59 bits per heavy atom. The first-order chi connectivity index (χ1) is 8.25. The van der Waals surface area contributed by atoms with Crippen molar-refractivity contribution < 1.29 is 9.84 Å². The van der Waals surface area contributed by atoms with Gasteiger partial charge >= 0.3 is 0 Å². The second-order valence-corrected chi connectivity index (χ2v) is 6.02. The third-order valence-corrected chi connectivity index (χ3v) is 5.03. The lowest BCUT2D eigenvalue weighted by Crippen LogP contribution is -2.48. The van der Waals surface area contributed by atoms with Crippen LogP contribution in [0.1, 0.15) is 29.4 Å². The number of hydrogen-bond acceptors (Lipinski definition) is 4. The topological polar surface area (TPSA) is 32.7 Å². The zero-order valence-corrected chi connectivity index (χ0v) is 10.9. The van der Waals surface area contributed by atoms with Gasteiger partial charge in [-0.2, -0.15) is 0 Å². The minimum Gasteiger partial charge on any atom is -0.385 e. The van der Waals surface area contributed by atoms with E-state index in [9.17, 15) is 5.11 Å². The van der Waals surface area contributed by atoms with Gasteiger partial charge in [0.2, 0.25) is 0 Å². The predicted molar refractivity (Wildman–Crippen MR) is 68.4 cm³/mol. The van der Waals surface area contributed by atoms with Crippen molar-refractivity contribution in [1.82, 2.24) is 4.90 Å². The molecule has 2 aliphatic heterocycles. The Morgan fingerprint density at radius 3 is 3.24 bits per heavy atom. The lowest BCUT2D eigenvalue weighted by atomic mass is 10.1. The summed E-state index contributed by atoms with van der Waals surface area (Å²) in [6, 6.07) is 2.66. The zero-order chi connectivity index (χ0) is 11.8. The molecule has 3 unspecified atom stereocenters. The quantitative estimate of drug-likeness (QED) is 0.874. The van der Waals surface area contributed by atoms with Gasteiger partial charge in [-0.15, -0.1) is 11.3 Å². The molecule has 0 bridgehead atoms. The fourth-order valence-corrected chi connectivity index (χ4v) is 3.85. The van der Waals surface area contributed by atoms with Crippen LogP contribution in [0.2, 0.25) is 0 Å². The molecule has 94 valence electrons. The number of rotatable bonds is 2. The SMILES string of the molecule is Cc1ccsc1C(O)C1CN2CCCC2CO1. The van der Waals surface area contributed by atoms with Crippen LogP contribution in [-0.4, -0.2) is 41.8 Å². The van der Waals surface area contributed by atoms with E-state index in [-0.39, 0.29) is 6.10 Å². The Labute approximate surface area is 106 Å². The maximum Gasteiger partial charge on any atom is 0.116 e. The number of hydrogen-bond donors (Lipinski definition) is 1. The van der Waals surface area contributed by atoms with Crippen molar-refractivity contribution >= 4 is 11.3 Å². The maximum absolute atomic E-state index is 10.4. The van der Waals surface area contributed by atoms with E-state index in [4.69, 9.17) is 4.74 Å². The minimum absolute atomic E-state index is 0.0540. The van der Waals surface area contributed by atoms with E-state index >= 15 is 0 Å². The molecule has 0 aromatic carbocycles. The highest BCUT2D eigenvalue weighted by atomic mass is 32.1. The van der Waals surface area contributed by atoms with Crippen molar-refractivity contribution in [3.63, 3.8) is 0 Å². The number of aliphatic hydroxyl groups excluding tert-OH is 1. The molecule has 0 spiro atoms. The molecule has 0 saturated carbocycles. The number of ether oxygens (including phenoxy) is 1. The number of thiophene rings is 1. The number of fused-ring (bicyclic) bond motifs is 1. The highest BCUT2D eigenvalue weighted by Crippen LogP contribution is 2.32. The molecule has 3 atom stereocenters. The third kappa shape index (κ3) is 2.15. The van der Waals surface area contributed by atoms with Crippen LogP contribution in [0.25, 0.3) is 0 Å². The van der Waals surface area contributed by atoms with E-state index in [0.29, 0.717) is 6.04 Å². The molecule has 3 heterocycles. The molecular formula is C13H19NO2S. The Morgan fingerprint density at radius 2 is 2.47 bits per heavy atom. The Hall–Kier alpha value is -0.420. The highest BCUT2D eigenvalue weighted by molar-refractivity contribution is 7.10. The van der Waals surface area contributed by atoms with Gasteiger partial charge in [-0.3, -0.25) is 4.90 Å². The van der Waals surface area contributed by atoms with Crippen LogP contribution < -0.4 is 0 Å². The van der Waals surface area contributed by atoms with Crippen LogP contribution in [0, 0.1) is 6.92 Å². The van der Waals surface area contributed by atoms with E-state index in [0.717, 1.165) is 18.0 Å². The van der Waals surface area contributed by atoms with Crippen molar-refractivity contribution in [3.8, 4) is 0 Å². The summed E-state index contributed by atoms with van der Waals surface area (Å²) in [5.74, 6) is 0. The molecule has 4 heteroatoms. The summed E-state index contributed by atoms with van der Waals surface area (Å²) in [4.78, 5) is 3.54. The van der Waals surface area contributed by atoms with E-state index in [1.807, 2.05) is 5.38 Å². The summed E-state index contributed by atoms with van der Waals surface area (Å²) in [5, 5.41) is 12.4. The second-order valence-electron chi connectivity index (χ2n) is 5.08. The van der Waals surface area contributed by atoms with Gasteiger partial charge in [0, 0.05) is 17.5 Å². The normalized spacial score (nSPS) is 31.4. The third-order valence-electron chi connectivity index (χ3n) is 3.94. The molecular weight excluding hydrogens is 234 g/mol. The van der Waals surface area contributed by atoms with Crippen molar-refractivity contribution in [2.24, 2.45) is 0 Å². The van der Waals surface area contributed by atoms with E-state index in [2.05, 4.69) is 17.9 Å². The van der Waals surface area contributed by atoms with Crippen molar-refractivity contribution in [2.45, 2.75) is 38.0 Å². The molecule has 2 fully saturated rings. The van der Waals surface area contributed by atoms with Gasteiger partial charge in [0.05, 0.1) is 6.61 Å². The molecule has 1 aromatic rings. The first kappa shape index (κ1) is 11.7. The standard InChI is InChI=1S/C13H19NO2S/c1-9-4-6-17-13(9)12(15)11-7-14-5-2-3-10(14)8-16-11/h4,6,10-12,15H,2-3,5,7-8H2,1H3. The van der Waals surface area contributed by atoms with Crippen molar-refractivity contribution in [3.05, 3.63) is 21.9 Å². The van der Waals surface area contributed by atoms with Gasteiger partial charge in [-0.25, -0.2) is 0 Å². The van der Waals surface area contributed by atoms with Crippen LogP contribution in [0.3, 0.4) is 0 Å². The fourth-order valence-electron chi connectivity index (χ4n) is 2.89. The second kappa shape index (κ2) is 4.69. The lowest BCUT2D eigenvalue weighted by molar-refractivity contribution is -0.103. The van der Waals surface area contributed by atoms with Crippen LogP contribution in [0.4, 0.5) is 0 Å². The number of aryl methyl sites for hydroxylation is 1. The molecule has 3 rings (SSSR count). The van der Waals surface area contributed by atoms with Gasteiger partial charge in [0.1, 0.15) is 12.2 Å². The monoisotopic (exact) mass is 253 g/mol. The summed E-state index contributed by atoms with van der Waals surface area (Å²) in [6.07, 6.45) is 2.01. The van der Waals surface area contributed by atoms with E-state index < -0.39 is 6.10 Å². The summed E-state index contributed by atoms with van der Waals surface area (Å²) in [6.45, 7) is 4.88. The predicted octanol–water partition coefficient (Wildman–Crippen LogP) is 1.95. The van der Waals surface area contributed by atoms with Gasteiger partial charge in [0.15, 0.2) is 0 Å². The molecule has 0 amide bonds. The van der Waals surface area contributed by atoms with Crippen molar-refractivity contribution in [2.75, 3.05) is 19.7 Å². The lowest BCUT2D eigenvalue weighted by Gasteiger charge is -2.37. The first-order valence-electron chi connectivity index (χ1n) is 6.33. The zero-order valence-electron chi connectivity index (χ0n) is 10.1. The minimum atomic E-state index is -0.462. The van der Waals surface area contributed by atoms with Crippen LogP contribution in [-0.2, 0) is 4.74 Å². The van der Waals surface area contributed by atoms with Crippen LogP contribution in [0.5, 0.6) is 0 Å². The molecule has 1 aromatic heterocycles.